The van der Waals surface area contributed by atoms with E-state index < -0.39 is 23.1 Å². The fourth-order valence-corrected chi connectivity index (χ4v) is 3.66. The van der Waals surface area contributed by atoms with Gasteiger partial charge in [0.15, 0.2) is 5.65 Å². The van der Waals surface area contributed by atoms with E-state index in [1.165, 1.54) is 22.8 Å². The molecule has 2 heterocycles. The van der Waals surface area contributed by atoms with Gasteiger partial charge in [-0.05, 0) is 42.7 Å². The van der Waals surface area contributed by atoms with E-state index in [2.05, 4.69) is 10.1 Å². The minimum Gasteiger partial charge on any atom is -0.369 e. The molecule has 2 N–H and O–H groups in total. The van der Waals surface area contributed by atoms with Crippen LogP contribution in [0, 0.1) is 0 Å². The van der Waals surface area contributed by atoms with E-state index in [0.717, 1.165) is 17.7 Å². The van der Waals surface area contributed by atoms with E-state index in [4.69, 9.17) is 5.73 Å². The maximum absolute atomic E-state index is 12.9. The van der Waals surface area contributed by atoms with E-state index in [1.807, 2.05) is 30.3 Å². The number of alkyl halides is 3. The first-order valence-electron chi connectivity index (χ1n) is 9.55. The highest BCUT2D eigenvalue weighted by molar-refractivity contribution is 5.87. The third-order valence-electron chi connectivity index (χ3n) is 5.43. The Labute approximate surface area is 176 Å². The van der Waals surface area contributed by atoms with Gasteiger partial charge in [-0.25, -0.2) is 9.50 Å². The van der Waals surface area contributed by atoms with Crippen molar-refractivity contribution in [2.45, 2.75) is 24.9 Å². The standard InChI is InChI=1S/C23H19F3N4O/c1-22(21(27)31,13-15-5-3-2-4-6-15)19-11-12-28-20-18(14-29-30(19)20)16-7-9-17(10-8-16)23(24,25)26/h2-12,14H,13H2,1H3,(H2,27,31). The SMILES string of the molecule is CC(Cc1ccccc1)(C(N)=O)c1ccnc2c(-c3ccc(C(F)(F)F)cc3)cnn12. The fraction of sp³-hybridized carbons (Fsp3) is 0.174. The van der Waals surface area contributed by atoms with Crippen LogP contribution in [0.25, 0.3) is 16.8 Å². The van der Waals surface area contributed by atoms with Crippen LogP contribution in [0.3, 0.4) is 0 Å². The van der Waals surface area contributed by atoms with Crippen molar-refractivity contribution in [1.82, 2.24) is 14.6 Å². The van der Waals surface area contributed by atoms with E-state index >= 15 is 0 Å². The molecule has 31 heavy (non-hydrogen) atoms. The summed E-state index contributed by atoms with van der Waals surface area (Å²) in [5.41, 5.74) is 7.01. The number of rotatable bonds is 5. The van der Waals surface area contributed by atoms with Crippen molar-refractivity contribution >= 4 is 11.6 Å². The molecule has 1 atom stereocenters. The zero-order valence-electron chi connectivity index (χ0n) is 16.6. The first kappa shape index (κ1) is 20.6. The first-order valence-corrected chi connectivity index (χ1v) is 9.55. The Morgan fingerprint density at radius 1 is 1.03 bits per heavy atom. The smallest absolute Gasteiger partial charge is 0.369 e. The molecule has 5 nitrogen and oxygen atoms in total. The molecule has 0 aliphatic carbocycles. The Bertz CT molecular complexity index is 1230. The molecule has 4 aromatic rings. The molecule has 2 aromatic carbocycles. The van der Waals surface area contributed by atoms with Gasteiger partial charge in [0.25, 0.3) is 0 Å². The van der Waals surface area contributed by atoms with Crippen molar-refractivity contribution in [2.75, 3.05) is 0 Å². The number of nitrogens with zero attached hydrogens (tertiary/aromatic N) is 3. The quantitative estimate of drug-likeness (QED) is 0.516. The Hall–Kier alpha value is -3.68. The maximum Gasteiger partial charge on any atom is 0.416 e. The monoisotopic (exact) mass is 424 g/mol. The normalized spacial score (nSPS) is 13.8. The minimum absolute atomic E-state index is 0.359. The molecule has 0 aliphatic rings. The molecule has 4 rings (SSSR count). The Morgan fingerprint density at radius 3 is 2.32 bits per heavy atom. The second-order valence-corrected chi connectivity index (χ2v) is 7.56. The fourth-order valence-electron chi connectivity index (χ4n) is 3.66. The molecule has 158 valence electrons. The second kappa shape index (κ2) is 7.54. The second-order valence-electron chi connectivity index (χ2n) is 7.56. The zero-order valence-corrected chi connectivity index (χ0v) is 16.6. The summed E-state index contributed by atoms with van der Waals surface area (Å²) in [5.74, 6) is -0.518. The lowest BCUT2D eigenvalue weighted by Crippen LogP contribution is -2.42. The lowest BCUT2D eigenvalue weighted by molar-refractivity contribution is -0.137. The average molecular weight is 424 g/mol. The molecule has 0 saturated heterocycles. The van der Waals surface area contributed by atoms with E-state index in [0.29, 0.717) is 28.9 Å². The number of benzene rings is 2. The molecule has 0 aliphatic heterocycles. The summed E-state index contributed by atoms with van der Waals surface area (Å²) in [6, 6.07) is 16.0. The van der Waals surface area contributed by atoms with Crippen LogP contribution >= 0.6 is 0 Å². The molecule has 1 unspecified atom stereocenters. The molecule has 0 spiro atoms. The number of hydrogen-bond acceptors (Lipinski definition) is 3. The highest BCUT2D eigenvalue weighted by Crippen LogP contribution is 2.33. The van der Waals surface area contributed by atoms with Crippen molar-refractivity contribution in [2.24, 2.45) is 5.73 Å². The van der Waals surface area contributed by atoms with Crippen molar-refractivity contribution in [3.63, 3.8) is 0 Å². The van der Waals surface area contributed by atoms with Crippen LogP contribution in [0.1, 0.15) is 23.7 Å². The number of hydrogen-bond donors (Lipinski definition) is 1. The summed E-state index contributed by atoms with van der Waals surface area (Å²) in [4.78, 5) is 16.9. The molecule has 8 heteroatoms. The van der Waals surface area contributed by atoms with E-state index in [-0.39, 0.29) is 0 Å². The molecule has 0 fully saturated rings. The highest BCUT2D eigenvalue weighted by Gasteiger charge is 2.36. The molecule has 0 bridgehead atoms. The number of amides is 1. The molecular formula is C23H19F3N4O. The van der Waals surface area contributed by atoms with Crippen LogP contribution in [0.15, 0.2) is 73.1 Å². The number of primary amides is 1. The third kappa shape index (κ3) is 3.76. The van der Waals surface area contributed by atoms with Crippen molar-refractivity contribution < 1.29 is 18.0 Å². The van der Waals surface area contributed by atoms with Crippen molar-refractivity contribution in [3.05, 3.63) is 89.9 Å². The number of nitrogens with two attached hydrogens (primary N) is 1. The van der Waals surface area contributed by atoms with Gasteiger partial charge in [-0.15, -0.1) is 0 Å². The van der Waals surface area contributed by atoms with Crippen molar-refractivity contribution in [3.8, 4) is 11.1 Å². The van der Waals surface area contributed by atoms with Gasteiger partial charge in [-0.3, -0.25) is 4.79 Å². The summed E-state index contributed by atoms with van der Waals surface area (Å²) < 4.78 is 40.2. The average Bonchev–Trinajstić information content (AvgIpc) is 3.18. The molecule has 0 radical (unpaired) electrons. The molecule has 1 amide bonds. The van der Waals surface area contributed by atoms with Crippen LogP contribution in [0.4, 0.5) is 13.2 Å². The summed E-state index contributed by atoms with van der Waals surface area (Å²) in [5, 5.41) is 4.38. The van der Waals surface area contributed by atoms with Gasteiger partial charge in [0.05, 0.1) is 22.9 Å². The Kier molecular flexibility index (Phi) is 5.00. The van der Waals surface area contributed by atoms with Gasteiger partial charge < -0.3 is 5.73 Å². The number of aromatic nitrogens is 3. The Balaban J connectivity index is 1.80. The lowest BCUT2D eigenvalue weighted by atomic mass is 9.79. The highest BCUT2D eigenvalue weighted by atomic mass is 19.4. The van der Waals surface area contributed by atoms with Gasteiger partial charge in [-0.2, -0.15) is 18.3 Å². The molecule has 2 aromatic heterocycles. The summed E-state index contributed by atoms with van der Waals surface area (Å²) in [6.45, 7) is 1.75. The molecule has 0 saturated carbocycles. The van der Waals surface area contributed by atoms with Gasteiger partial charge in [0.2, 0.25) is 5.91 Å². The van der Waals surface area contributed by atoms with Crippen LogP contribution in [0.5, 0.6) is 0 Å². The summed E-state index contributed by atoms with van der Waals surface area (Å²) in [6.07, 6.45) is -0.978. The van der Waals surface area contributed by atoms with Gasteiger partial charge in [0.1, 0.15) is 0 Å². The minimum atomic E-state index is -4.41. The van der Waals surface area contributed by atoms with Crippen molar-refractivity contribution in [1.29, 1.82) is 0 Å². The topological polar surface area (TPSA) is 73.3 Å². The number of halogens is 3. The maximum atomic E-state index is 12.9. The van der Waals surface area contributed by atoms with Gasteiger partial charge in [-0.1, -0.05) is 42.5 Å². The largest absolute Gasteiger partial charge is 0.416 e. The summed E-state index contributed by atoms with van der Waals surface area (Å²) in [7, 11) is 0. The third-order valence-corrected chi connectivity index (χ3v) is 5.43. The van der Waals surface area contributed by atoms with Crippen LogP contribution in [0.2, 0.25) is 0 Å². The summed E-state index contributed by atoms with van der Waals surface area (Å²) >= 11 is 0. The number of carbonyl (C=O) groups is 1. The van der Waals surface area contributed by atoms with Crippen LogP contribution < -0.4 is 5.73 Å². The van der Waals surface area contributed by atoms with Crippen LogP contribution in [-0.4, -0.2) is 20.5 Å². The predicted octanol–water partition coefficient (Wildman–Crippen LogP) is 4.40. The zero-order chi connectivity index (χ0) is 22.2. The van der Waals surface area contributed by atoms with Crippen LogP contribution in [-0.2, 0) is 22.8 Å². The van der Waals surface area contributed by atoms with Gasteiger partial charge >= 0.3 is 6.18 Å². The van der Waals surface area contributed by atoms with Gasteiger partial charge in [0, 0.05) is 11.8 Å². The number of fused-ring (bicyclic) bond motifs is 1. The lowest BCUT2D eigenvalue weighted by Gasteiger charge is -2.27. The molecular weight excluding hydrogens is 405 g/mol. The predicted molar refractivity (Wildman–Crippen MR) is 110 cm³/mol. The Morgan fingerprint density at radius 2 is 1.71 bits per heavy atom. The number of carbonyl (C=O) groups excluding carboxylic acids is 1. The first-order chi connectivity index (χ1) is 14.7. The van der Waals surface area contributed by atoms with E-state index in [9.17, 15) is 18.0 Å². The van der Waals surface area contributed by atoms with E-state index in [1.54, 1.807) is 19.2 Å².